The van der Waals surface area contributed by atoms with E-state index in [0.29, 0.717) is 0 Å². The van der Waals surface area contributed by atoms with E-state index < -0.39 is 0 Å². The first-order valence-corrected chi connectivity index (χ1v) is 20.5. The van der Waals surface area contributed by atoms with Crippen molar-refractivity contribution in [3.63, 3.8) is 0 Å². The van der Waals surface area contributed by atoms with Gasteiger partial charge in [-0.1, -0.05) is 127 Å². The molecule has 0 aliphatic rings. The molecule has 12 aromatic rings. The van der Waals surface area contributed by atoms with Crippen molar-refractivity contribution in [2.24, 2.45) is 0 Å². The third-order valence-corrected chi connectivity index (χ3v) is 12.8. The molecule has 12 rings (SSSR count). The molecule has 0 N–H and O–H groups in total. The largest absolute Gasteiger partial charge is 0.456 e. The highest BCUT2D eigenvalue weighted by Crippen LogP contribution is 2.49. The van der Waals surface area contributed by atoms with E-state index in [0.717, 1.165) is 50.3 Å². The van der Waals surface area contributed by atoms with Gasteiger partial charge in [0.2, 0.25) is 0 Å². The van der Waals surface area contributed by atoms with Gasteiger partial charge in [-0.25, -0.2) is 0 Å². The van der Waals surface area contributed by atoms with Crippen LogP contribution in [0.2, 0.25) is 0 Å². The van der Waals surface area contributed by atoms with Crippen molar-refractivity contribution in [3.8, 4) is 27.9 Å². The summed E-state index contributed by atoms with van der Waals surface area (Å²) in [7, 11) is 0. The summed E-state index contributed by atoms with van der Waals surface area (Å²) in [4.78, 5) is 2.41. The van der Waals surface area contributed by atoms with Crippen LogP contribution in [0.4, 0.5) is 17.1 Å². The highest BCUT2D eigenvalue weighted by atomic mass is 32.1. The van der Waals surface area contributed by atoms with Crippen LogP contribution < -0.4 is 4.90 Å². The topological polar surface area (TPSA) is 21.3 Å². The molecule has 58 heavy (non-hydrogen) atoms. The van der Waals surface area contributed by atoms with E-state index in [1.165, 1.54) is 58.7 Å². The summed E-state index contributed by atoms with van der Waals surface area (Å²) < 4.78 is 11.6. The first-order valence-electron chi connectivity index (χ1n) is 19.7. The maximum absolute atomic E-state index is 6.72. The molecule has 0 saturated carbocycles. The maximum atomic E-state index is 6.72. The number of thiophene rings is 1. The molecule has 0 radical (unpaired) electrons. The Morgan fingerprint density at radius 1 is 0.414 bits per heavy atom. The van der Waals surface area contributed by atoms with Gasteiger partial charge in [-0.05, 0) is 95.1 Å². The van der Waals surface area contributed by atoms with Crippen molar-refractivity contribution in [1.82, 2.24) is 4.57 Å². The molecule has 0 unspecified atom stereocenters. The van der Waals surface area contributed by atoms with Crippen LogP contribution in [0.1, 0.15) is 0 Å². The van der Waals surface area contributed by atoms with Gasteiger partial charge >= 0.3 is 0 Å². The molecule has 0 atom stereocenters. The van der Waals surface area contributed by atoms with Gasteiger partial charge in [0.15, 0.2) is 0 Å². The first kappa shape index (κ1) is 32.8. The minimum Gasteiger partial charge on any atom is -0.456 e. The Labute approximate surface area is 338 Å². The molecular formula is C54H34N2OS. The number of hydrogen-bond donors (Lipinski definition) is 0. The van der Waals surface area contributed by atoms with E-state index in [-0.39, 0.29) is 0 Å². The SMILES string of the molecule is c1ccc(-c2ccc3c(c2)oc2cc(N(c4ccc(-n5c6ccccc6c6ccccc65)cc4)c4ccc(-c5ccccc5)c5sc6ccccc6c45)ccc23)cc1. The Balaban J connectivity index is 1.08. The molecule has 0 aliphatic heterocycles. The van der Waals surface area contributed by atoms with Crippen molar-refractivity contribution < 1.29 is 4.42 Å². The summed E-state index contributed by atoms with van der Waals surface area (Å²) >= 11 is 1.86. The molecule has 3 heterocycles. The lowest BCUT2D eigenvalue weighted by Gasteiger charge is -2.27. The molecule has 9 aromatic carbocycles. The zero-order valence-electron chi connectivity index (χ0n) is 31.3. The molecule has 3 aromatic heterocycles. The van der Waals surface area contributed by atoms with Gasteiger partial charge in [0, 0.05) is 64.8 Å². The third kappa shape index (κ3) is 5.12. The summed E-state index contributed by atoms with van der Waals surface area (Å²) in [6.45, 7) is 0. The van der Waals surface area contributed by atoms with Crippen molar-refractivity contribution in [2.45, 2.75) is 0 Å². The Morgan fingerprint density at radius 3 is 1.72 bits per heavy atom. The summed E-state index contributed by atoms with van der Waals surface area (Å²) in [5.41, 5.74) is 13.2. The van der Waals surface area contributed by atoms with Crippen molar-refractivity contribution in [2.75, 3.05) is 4.90 Å². The lowest BCUT2D eigenvalue weighted by Crippen LogP contribution is -2.10. The van der Waals surface area contributed by atoms with Gasteiger partial charge in [0.05, 0.1) is 16.7 Å². The molecule has 272 valence electrons. The summed E-state index contributed by atoms with van der Waals surface area (Å²) in [6.07, 6.45) is 0. The monoisotopic (exact) mass is 758 g/mol. The van der Waals surface area contributed by atoms with Gasteiger partial charge in [0.1, 0.15) is 11.2 Å². The number of hydrogen-bond acceptors (Lipinski definition) is 3. The fourth-order valence-electron chi connectivity index (χ4n) is 8.94. The number of fused-ring (bicyclic) bond motifs is 9. The van der Waals surface area contributed by atoms with Crippen LogP contribution in [-0.4, -0.2) is 4.57 Å². The molecule has 0 aliphatic carbocycles. The van der Waals surface area contributed by atoms with E-state index >= 15 is 0 Å². The molecule has 0 spiro atoms. The molecule has 0 amide bonds. The number of furan rings is 1. The summed E-state index contributed by atoms with van der Waals surface area (Å²) in [5.74, 6) is 0. The Bertz CT molecular complexity index is 3450. The number of aromatic nitrogens is 1. The number of rotatable bonds is 6. The predicted molar refractivity (Wildman–Crippen MR) is 247 cm³/mol. The van der Waals surface area contributed by atoms with Crippen LogP contribution in [0.3, 0.4) is 0 Å². The second-order valence-electron chi connectivity index (χ2n) is 14.9. The third-order valence-electron chi connectivity index (χ3n) is 11.6. The highest BCUT2D eigenvalue weighted by molar-refractivity contribution is 7.26. The smallest absolute Gasteiger partial charge is 0.137 e. The fourth-order valence-corrected chi connectivity index (χ4v) is 10.2. The number of benzene rings is 9. The molecule has 0 saturated heterocycles. The molecule has 4 heteroatoms. The zero-order valence-corrected chi connectivity index (χ0v) is 32.2. The predicted octanol–water partition coefficient (Wildman–Crippen LogP) is 15.9. The Hall–Kier alpha value is -7.40. The Kier molecular flexibility index (Phi) is 7.40. The van der Waals surface area contributed by atoms with Crippen LogP contribution in [0.5, 0.6) is 0 Å². The van der Waals surface area contributed by atoms with E-state index in [1.54, 1.807) is 0 Å². The van der Waals surface area contributed by atoms with Gasteiger partial charge in [-0.15, -0.1) is 11.3 Å². The average molecular weight is 759 g/mol. The summed E-state index contributed by atoms with van der Waals surface area (Å²) in [6, 6.07) is 74.3. The second kappa shape index (κ2) is 13.1. The zero-order chi connectivity index (χ0) is 38.2. The molecular weight excluding hydrogens is 725 g/mol. The van der Waals surface area contributed by atoms with Gasteiger partial charge < -0.3 is 13.9 Å². The first-order chi connectivity index (χ1) is 28.8. The summed E-state index contributed by atoms with van der Waals surface area (Å²) in [5, 5.41) is 7.21. The minimum atomic E-state index is 0.858. The molecule has 0 bridgehead atoms. The molecule has 0 fully saturated rings. The van der Waals surface area contributed by atoms with Crippen molar-refractivity contribution >= 4 is 92.3 Å². The quantitative estimate of drug-likeness (QED) is 0.168. The second-order valence-corrected chi connectivity index (χ2v) is 15.9. The van der Waals surface area contributed by atoms with Gasteiger partial charge in [-0.3, -0.25) is 0 Å². The maximum Gasteiger partial charge on any atom is 0.137 e. The van der Waals surface area contributed by atoms with Crippen LogP contribution in [0, 0.1) is 0 Å². The minimum absolute atomic E-state index is 0.858. The van der Waals surface area contributed by atoms with Gasteiger partial charge in [0.25, 0.3) is 0 Å². The average Bonchev–Trinajstić information content (AvgIpc) is 3.97. The number of para-hydroxylation sites is 2. The van der Waals surface area contributed by atoms with Crippen LogP contribution in [-0.2, 0) is 0 Å². The molecule has 3 nitrogen and oxygen atoms in total. The van der Waals surface area contributed by atoms with Crippen LogP contribution in [0.15, 0.2) is 211 Å². The van der Waals surface area contributed by atoms with Gasteiger partial charge in [-0.2, -0.15) is 0 Å². The fraction of sp³-hybridized carbons (Fsp3) is 0. The van der Waals surface area contributed by atoms with E-state index in [2.05, 4.69) is 216 Å². The standard InChI is InChI=1S/C54H34N2OS/c1-3-13-35(14-4-1)37-23-29-44-45-30-28-40(34-51(45)57-50(44)33-37)55(38-24-26-39(27-25-38)56-47-20-10-7-17-42(47)43-18-8-11-21-48(43)56)49-32-31-41(36-15-5-2-6-16-36)54-53(49)46-19-9-12-22-52(46)58-54/h1-34H. The highest BCUT2D eigenvalue weighted by Gasteiger charge is 2.23. The van der Waals surface area contributed by atoms with Crippen molar-refractivity contribution in [1.29, 1.82) is 0 Å². The van der Waals surface area contributed by atoms with E-state index in [9.17, 15) is 0 Å². The van der Waals surface area contributed by atoms with Crippen LogP contribution in [0.25, 0.3) is 91.9 Å². The normalized spacial score (nSPS) is 11.8. The number of anilines is 3. The van der Waals surface area contributed by atoms with E-state index in [1.807, 2.05) is 11.3 Å². The Morgan fingerprint density at radius 2 is 1.00 bits per heavy atom. The van der Waals surface area contributed by atoms with Crippen LogP contribution >= 0.6 is 11.3 Å². The van der Waals surface area contributed by atoms with E-state index in [4.69, 9.17) is 4.42 Å². The number of nitrogens with zero attached hydrogens (tertiary/aromatic N) is 2. The lowest BCUT2D eigenvalue weighted by atomic mass is 10.00. The lowest BCUT2D eigenvalue weighted by molar-refractivity contribution is 0.669. The van der Waals surface area contributed by atoms with Crippen molar-refractivity contribution in [3.05, 3.63) is 206 Å².